The van der Waals surface area contributed by atoms with E-state index in [0.29, 0.717) is 11.9 Å². The van der Waals surface area contributed by atoms with E-state index in [9.17, 15) is 0 Å². The number of ether oxygens (including phenoxy) is 2. The van der Waals surface area contributed by atoms with Crippen molar-refractivity contribution in [2.24, 2.45) is 16.6 Å². The number of nitrogens with two attached hydrogens (primary N) is 1. The van der Waals surface area contributed by atoms with E-state index in [1.807, 2.05) is 0 Å². The maximum atomic E-state index is 6.00. The van der Waals surface area contributed by atoms with Crippen LogP contribution < -0.4 is 5.73 Å². The fourth-order valence-electron chi connectivity index (χ4n) is 2.75. The summed E-state index contributed by atoms with van der Waals surface area (Å²) in [6.45, 7) is 6.35. The summed E-state index contributed by atoms with van der Waals surface area (Å²) in [5, 5.41) is 0. The summed E-state index contributed by atoms with van der Waals surface area (Å²) in [5.74, 6) is 1.40. The summed E-state index contributed by atoms with van der Waals surface area (Å²) >= 11 is 0. The third-order valence-electron chi connectivity index (χ3n) is 4.10. The molecular formula is C15H29N3O2. The summed E-state index contributed by atoms with van der Waals surface area (Å²) in [6.07, 6.45) is 7.04. The third-order valence-corrected chi connectivity index (χ3v) is 4.10. The maximum Gasteiger partial charge on any atom is 0.191 e. The van der Waals surface area contributed by atoms with Gasteiger partial charge in [-0.1, -0.05) is 0 Å². The zero-order chi connectivity index (χ0) is 14.0. The molecular weight excluding hydrogens is 254 g/mol. The van der Waals surface area contributed by atoms with Gasteiger partial charge in [-0.05, 0) is 44.4 Å². The molecule has 0 aliphatic carbocycles. The Morgan fingerprint density at radius 1 is 1.20 bits per heavy atom. The number of hydrogen-bond acceptors (Lipinski definition) is 3. The Bertz CT molecular complexity index is 285. The fraction of sp³-hybridized carbons (Fsp3) is 0.933. The summed E-state index contributed by atoms with van der Waals surface area (Å²) in [6, 6.07) is 0. The summed E-state index contributed by atoms with van der Waals surface area (Å²) in [5.41, 5.74) is 6.00. The molecule has 0 spiro atoms. The minimum Gasteiger partial charge on any atom is -0.381 e. The van der Waals surface area contributed by atoms with Gasteiger partial charge < -0.3 is 20.1 Å². The zero-order valence-electron chi connectivity index (χ0n) is 12.6. The minimum absolute atomic E-state index is 0.686. The molecule has 0 saturated carbocycles. The van der Waals surface area contributed by atoms with Gasteiger partial charge in [-0.25, -0.2) is 0 Å². The average Bonchev–Trinajstić information content (AvgIpc) is 2.52. The molecule has 2 heterocycles. The first-order valence-corrected chi connectivity index (χ1v) is 8.06. The number of hydrogen-bond donors (Lipinski definition) is 1. The Balaban J connectivity index is 1.49. The van der Waals surface area contributed by atoms with Crippen LogP contribution in [0.5, 0.6) is 0 Å². The Labute approximate surface area is 122 Å². The lowest BCUT2D eigenvalue weighted by atomic mass is 10.0. The first-order chi connectivity index (χ1) is 9.86. The second kappa shape index (κ2) is 9.19. The minimum atomic E-state index is 0.686. The lowest BCUT2D eigenvalue weighted by Gasteiger charge is -2.27. The van der Waals surface area contributed by atoms with Crippen LogP contribution in [-0.4, -0.2) is 56.9 Å². The van der Waals surface area contributed by atoms with E-state index in [1.54, 1.807) is 0 Å². The highest BCUT2D eigenvalue weighted by molar-refractivity contribution is 5.78. The van der Waals surface area contributed by atoms with Crippen LogP contribution in [-0.2, 0) is 9.47 Å². The van der Waals surface area contributed by atoms with Crippen LogP contribution in [0.25, 0.3) is 0 Å². The third kappa shape index (κ3) is 5.67. The van der Waals surface area contributed by atoms with Gasteiger partial charge in [0.2, 0.25) is 0 Å². The molecule has 2 fully saturated rings. The molecule has 2 saturated heterocycles. The summed E-state index contributed by atoms with van der Waals surface area (Å²) in [7, 11) is 0. The van der Waals surface area contributed by atoms with Crippen molar-refractivity contribution >= 4 is 5.96 Å². The van der Waals surface area contributed by atoms with Gasteiger partial charge in [0.05, 0.1) is 0 Å². The van der Waals surface area contributed by atoms with Crippen LogP contribution in [0.2, 0.25) is 0 Å². The highest BCUT2D eigenvalue weighted by Gasteiger charge is 2.13. The van der Waals surface area contributed by atoms with Gasteiger partial charge in [0.15, 0.2) is 5.96 Å². The topological polar surface area (TPSA) is 60.1 Å². The maximum absolute atomic E-state index is 6.00. The molecule has 2 aliphatic rings. The number of rotatable bonds is 6. The van der Waals surface area contributed by atoms with E-state index in [-0.39, 0.29) is 0 Å². The van der Waals surface area contributed by atoms with Gasteiger partial charge in [-0.15, -0.1) is 0 Å². The van der Waals surface area contributed by atoms with Crippen molar-refractivity contribution in [2.75, 3.05) is 46.1 Å². The van der Waals surface area contributed by atoms with Crippen LogP contribution in [0.15, 0.2) is 4.99 Å². The molecule has 5 heteroatoms. The van der Waals surface area contributed by atoms with Gasteiger partial charge in [-0.2, -0.15) is 0 Å². The summed E-state index contributed by atoms with van der Waals surface area (Å²) in [4.78, 5) is 6.65. The van der Waals surface area contributed by atoms with E-state index in [4.69, 9.17) is 15.2 Å². The second-order valence-corrected chi connectivity index (χ2v) is 5.77. The standard InChI is InChI=1S/C15H29N3O2/c16-15(18-8-2-1-3-9-18)17-7-4-10-20-13-14-5-11-19-12-6-14/h14H,1-13H2,(H2,16,17). The molecule has 0 amide bonds. The van der Waals surface area contributed by atoms with Crippen molar-refractivity contribution in [2.45, 2.75) is 38.5 Å². The Morgan fingerprint density at radius 3 is 2.70 bits per heavy atom. The summed E-state index contributed by atoms with van der Waals surface area (Å²) < 4.78 is 11.1. The predicted octanol–water partition coefficient (Wildman–Crippen LogP) is 1.62. The average molecular weight is 283 g/mol. The molecule has 5 nitrogen and oxygen atoms in total. The molecule has 116 valence electrons. The highest BCUT2D eigenvalue weighted by atomic mass is 16.5. The molecule has 2 rings (SSSR count). The van der Waals surface area contributed by atoms with Gasteiger partial charge in [0.25, 0.3) is 0 Å². The predicted molar refractivity (Wildman–Crippen MR) is 80.9 cm³/mol. The monoisotopic (exact) mass is 283 g/mol. The molecule has 0 aromatic carbocycles. The Hall–Kier alpha value is -0.810. The van der Waals surface area contributed by atoms with Crippen molar-refractivity contribution in [1.82, 2.24) is 4.90 Å². The molecule has 20 heavy (non-hydrogen) atoms. The van der Waals surface area contributed by atoms with E-state index < -0.39 is 0 Å². The molecule has 2 N–H and O–H groups in total. The van der Waals surface area contributed by atoms with Crippen molar-refractivity contribution in [1.29, 1.82) is 0 Å². The fourth-order valence-corrected chi connectivity index (χ4v) is 2.75. The molecule has 0 bridgehead atoms. The smallest absolute Gasteiger partial charge is 0.191 e. The largest absolute Gasteiger partial charge is 0.381 e. The first-order valence-electron chi connectivity index (χ1n) is 8.06. The van der Waals surface area contributed by atoms with Crippen LogP contribution >= 0.6 is 0 Å². The van der Waals surface area contributed by atoms with Gasteiger partial charge in [0.1, 0.15) is 0 Å². The van der Waals surface area contributed by atoms with Crippen molar-refractivity contribution < 1.29 is 9.47 Å². The molecule has 0 atom stereocenters. The van der Waals surface area contributed by atoms with Crippen molar-refractivity contribution in [3.05, 3.63) is 0 Å². The van der Waals surface area contributed by atoms with Crippen LogP contribution in [0.1, 0.15) is 38.5 Å². The normalized spacial score (nSPS) is 22.2. The lowest BCUT2D eigenvalue weighted by Crippen LogP contribution is -2.40. The van der Waals surface area contributed by atoms with Crippen LogP contribution in [0.4, 0.5) is 0 Å². The van der Waals surface area contributed by atoms with E-state index in [2.05, 4.69) is 9.89 Å². The van der Waals surface area contributed by atoms with Gasteiger partial charge in [-0.3, -0.25) is 4.99 Å². The Kier molecular flexibility index (Phi) is 7.15. The second-order valence-electron chi connectivity index (χ2n) is 5.77. The zero-order valence-corrected chi connectivity index (χ0v) is 12.6. The lowest BCUT2D eigenvalue weighted by molar-refractivity contribution is 0.0205. The van der Waals surface area contributed by atoms with Crippen molar-refractivity contribution in [3.8, 4) is 0 Å². The molecule has 0 aromatic heterocycles. The highest BCUT2D eigenvalue weighted by Crippen LogP contribution is 2.14. The van der Waals surface area contributed by atoms with Crippen LogP contribution in [0.3, 0.4) is 0 Å². The SMILES string of the molecule is NC(=NCCCOCC1CCOCC1)N1CCCCC1. The first kappa shape index (κ1) is 15.6. The molecule has 0 radical (unpaired) electrons. The number of guanidine groups is 1. The molecule has 0 aromatic rings. The van der Waals surface area contributed by atoms with E-state index >= 15 is 0 Å². The van der Waals surface area contributed by atoms with Crippen LogP contribution in [0, 0.1) is 5.92 Å². The number of aliphatic imine (C=N–C) groups is 1. The van der Waals surface area contributed by atoms with E-state index in [0.717, 1.165) is 65.3 Å². The van der Waals surface area contributed by atoms with E-state index in [1.165, 1.54) is 19.3 Å². The molecule has 0 unspecified atom stereocenters. The van der Waals surface area contributed by atoms with Gasteiger partial charge >= 0.3 is 0 Å². The quantitative estimate of drug-likeness (QED) is 0.457. The number of likely N-dealkylation sites (tertiary alicyclic amines) is 1. The molecule has 2 aliphatic heterocycles. The van der Waals surface area contributed by atoms with Gasteiger partial charge in [0, 0.05) is 46.1 Å². The number of nitrogens with zero attached hydrogens (tertiary/aromatic N) is 2. The number of piperidine rings is 1. The van der Waals surface area contributed by atoms with Crippen molar-refractivity contribution in [3.63, 3.8) is 0 Å². The Morgan fingerprint density at radius 2 is 1.95 bits per heavy atom.